The average molecular weight is 276 g/mol. The molecule has 20 heavy (non-hydrogen) atoms. The second-order valence-corrected chi connectivity index (χ2v) is 5.17. The molecule has 5 nitrogen and oxygen atoms in total. The van der Waals surface area contributed by atoms with Crippen LogP contribution in [0.5, 0.6) is 0 Å². The summed E-state index contributed by atoms with van der Waals surface area (Å²) in [7, 11) is 0. The molecule has 1 aromatic carbocycles. The first-order valence-corrected chi connectivity index (χ1v) is 6.82. The van der Waals surface area contributed by atoms with Gasteiger partial charge >= 0.3 is 5.97 Å². The van der Waals surface area contributed by atoms with Crippen molar-refractivity contribution in [3.63, 3.8) is 0 Å². The maximum atomic E-state index is 11.2. The summed E-state index contributed by atoms with van der Waals surface area (Å²) in [4.78, 5) is 21.2. The number of ether oxygens (including phenoxy) is 1. The van der Waals surface area contributed by atoms with Crippen LogP contribution in [0.25, 0.3) is 0 Å². The zero-order valence-corrected chi connectivity index (χ0v) is 11.6. The molecule has 0 atom stereocenters. The van der Waals surface area contributed by atoms with Crippen LogP contribution in [0.3, 0.4) is 0 Å². The largest absolute Gasteiger partial charge is 0.457 e. The first-order valence-electron chi connectivity index (χ1n) is 6.82. The molecule has 1 heterocycles. The maximum Gasteiger partial charge on any atom is 0.338 e. The molecule has 0 unspecified atom stereocenters. The zero-order chi connectivity index (χ0) is 14.7. The van der Waals surface area contributed by atoms with Crippen molar-refractivity contribution in [2.75, 3.05) is 6.54 Å². The number of amides is 1. The summed E-state index contributed by atoms with van der Waals surface area (Å²) in [6.45, 7) is 3.07. The normalized spacial score (nSPS) is 16.0. The standard InChI is InChI=1S/C11H13NO2.C4H7NO/c1-7-8(4-5-12)2-3-9-10(7)6-14-11(9)13;5-4(6)3-1-2-3/h2-3H,4-6,12H2,1H3;3H,1-2H2,(H2,5,6). The number of benzene rings is 1. The van der Waals surface area contributed by atoms with Crippen molar-refractivity contribution in [1.29, 1.82) is 0 Å². The van der Waals surface area contributed by atoms with Gasteiger partial charge in [0.05, 0.1) is 5.56 Å². The number of nitrogens with two attached hydrogens (primary N) is 2. The van der Waals surface area contributed by atoms with E-state index in [0.717, 1.165) is 30.4 Å². The Morgan fingerprint density at radius 3 is 2.60 bits per heavy atom. The summed E-state index contributed by atoms with van der Waals surface area (Å²) in [5.41, 5.74) is 14.5. The van der Waals surface area contributed by atoms with E-state index in [2.05, 4.69) is 0 Å². The third-order valence-electron chi connectivity index (χ3n) is 3.67. The summed E-state index contributed by atoms with van der Waals surface area (Å²) in [5, 5.41) is 0. The molecule has 5 heteroatoms. The number of primary amides is 1. The SMILES string of the molecule is Cc1c(CCN)ccc2c1COC2=O.NC(=O)C1CC1. The summed E-state index contributed by atoms with van der Waals surface area (Å²) >= 11 is 0. The molecule has 4 N–H and O–H groups in total. The fourth-order valence-electron chi connectivity index (χ4n) is 2.19. The summed E-state index contributed by atoms with van der Waals surface area (Å²) in [6, 6.07) is 3.80. The number of esters is 1. The van der Waals surface area contributed by atoms with Crippen molar-refractivity contribution in [2.24, 2.45) is 17.4 Å². The minimum Gasteiger partial charge on any atom is -0.457 e. The van der Waals surface area contributed by atoms with Gasteiger partial charge in [0.25, 0.3) is 0 Å². The van der Waals surface area contributed by atoms with E-state index in [9.17, 15) is 9.59 Å². The second kappa shape index (κ2) is 6.05. The van der Waals surface area contributed by atoms with Crippen LogP contribution in [0.15, 0.2) is 12.1 Å². The highest BCUT2D eigenvalue weighted by molar-refractivity contribution is 5.93. The van der Waals surface area contributed by atoms with E-state index in [4.69, 9.17) is 16.2 Å². The molecular formula is C15H20N2O3. The van der Waals surface area contributed by atoms with Gasteiger partial charge in [0.15, 0.2) is 0 Å². The van der Waals surface area contributed by atoms with Crippen molar-refractivity contribution in [3.05, 3.63) is 34.4 Å². The highest BCUT2D eigenvalue weighted by Crippen LogP contribution is 2.27. The van der Waals surface area contributed by atoms with Crippen molar-refractivity contribution in [3.8, 4) is 0 Å². The summed E-state index contributed by atoms with van der Waals surface area (Å²) in [6.07, 6.45) is 2.90. The van der Waals surface area contributed by atoms with Gasteiger partial charge in [-0.2, -0.15) is 0 Å². The van der Waals surface area contributed by atoms with Gasteiger partial charge in [0.2, 0.25) is 5.91 Å². The van der Waals surface area contributed by atoms with Crippen molar-refractivity contribution >= 4 is 11.9 Å². The molecule has 0 aromatic heterocycles. The topological polar surface area (TPSA) is 95.4 Å². The fourth-order valence-corrected chi connectivity index (χ4v) is 2.19. The van der Waals surface area contributed by atoms with Crippen LogP contribution >= 0.6 is 0 Å². The van der Waals surface area contributed by atoms with Crippen LogP contribution in [0.2, 0.25) is 0 Å². The van der Waals surface area contributed by atoms with Crippen molar-refractivity contribution < 1.29 is 14.3 Å². The quantitative estimate of drug-likeness (QED) is 0.806. The van der Waals surface area contributed by atoms with Crippen molar-refractivity contribution in [2.45, 2.75) is 32.8 Å². The smallest absolute Gasteiger partial charge is 0.338 e. The Morgan fingerprint density at radius 2 is 2.10 bits per heavy atom. The van der Waals surface area contributed by atoms with Gasteiger partial charge < -0.3 is 16.2 Å². The molecule has 1 saturated carbocycles. The molecule has 3 rings (SSSR count). The first-order chi connectivity index (χ1) is 9.54. The molecule has 1 fully saturated rings. The second-order valence-electron chi connectivity index (χ2n) is 5.17. The lowest BCUT2D eigenvalue weighted by molar-refractivity contribution is -0.119. The zero-order valence-electron chi connectivity index (χ0n) is 11.6. The Balaban J connectivity index is 0.000000205. The number of carbonyl (C=O) groups excluding carboxylic acids is 2. The Labute approximate surface area is 118 Å². The first kappa shape index (κ1) is 14.5. The van der Waals surface area contributed by atoms with E-state index in [0.29, 0.717) is 18.7 Å². The monoisotopic (exact) mass is 276 g/mol. The lowest BCUT2D eigenvalue weighted by atomic mass is 9.97. The highest BCUT2D eigenvalue weighted by atomic mass is 16.5. The predicted molar refractivity (Wildman–Crippen MR) is 75.0 cm³/mol. The third-order valence-corrected chi connectivity index (χ3v) is 3.67. The Bertz CT molecular complexity index is 536. The maximum absolute atomic E-state index is 11.2. The molecule has 0 spiro atoms. The number of fused-ring (bicyclic) bond motifs is 1. The predicted octanol–water partition coefficient (Wildman–Crippen LogP) is 1.05. The molecule has 0 radical (unpaired) electrons. The summed E-state index contributed by atoms with van der Waals surface area (Å²) in [5.74, 6) is -0.0950. The van der Waals surface area contributed by atoms with Gasteiger partial charge in [0.1, 0.15) is 6.61 Å². The van der Waals surface area contributed by atoms with Crippen LogP contribution in [-0.4, -0.2) is 18.4 Å². The van der Waals surface area contributed by atoms with Gasteiger partial charge in [-0.3, -0.25) is 4.79 Å². The summed E-state index contributed by atoms with van der Waals surface area (Å²) < 4.78 is 4.97. The van der Waals surface area contributed by atoms with Crippen LogP contribution < -0.4 is 11.5 Å². The molecule has 2 aliphatic rings. The minimum atomic E-state index is -0.206. The molecule has 1 aromatic rings. The Hall–Kier alpha value is -1.88. The number of hydrogen-bond donors (Lipinski definition) is 2. The van der Waals surface area contributed by atoms with Crippen LogP contribution in [-0.2, 0) is 22.6 Å². The van der Waals surface area contributed by atoms with E-state index in [-0.39, 0.29) is 17.8 Å². The van der Waals surface area contributed by atoms with E-state index in [1.54, 1.807) is 0 Å². The van der Waals surface area contributed by atoms with Gasteiger partial charge in [-0.15, -0.1) is 0 Å². The van der Waals surface area contributed by atoms with Gasteiger partial charge in [0, 0.05) is 11.5 Å². The highest BCUT2D eigenvalue weighted by Gasteiger charge is 2.26. The molecule has 1 amide bonds. The van der Waals surface area contributed by atoms with E-state index in [1.165, 1.54) is 5.56 Å². The van der Waals surface area contributed by atoms with Crippen LogP contribution in [0.1, 0.15) is 39.9 Å². The molecule has 108 valence electrons. The fraction of sp³-hybridized carbons (Fsp3) is 0.467. The number of carbonyl (C=O) groups is 2. The van der Waals surface area contributed by atoms with Crippen molar-refractivity contribution in [1.82, 2.24) is 0 Å². The average Bonchev–Trinajstić information content (AvgIpc) is 3.19. The van der Waals surface area contributed by atoms with E-state index < -0.39 is 0 Å². The lowest BCUT2D eigenvalue weighted by Gasteiger charge is -2.07. The number of cyclic esters (lactones) is 1. The molecule has 1 aliphatic heterocycles. The lowest BCUT2D eigenvalue weighted by Crippen LogP contribution is -2.11. The van der Waals surface area contributed by atoms with Crippen LogP contribution in [0, 0.1) is 12.8 Å². The number of hydrogen-bond acceptors (Lipinski definition) is 4. The third kappa shape index (κ3) is 3.17. The molecule has 1 aliphatic carbocycles. The molecular weight excluding hydrogens is 256 g/mol. The van der Waals surface area contributed by atoms with E-state index in [1.807, 2.05) is 19.1 Å². The van der Waals surface area contributed by atoms with Gasteiger partial charge in [-0.1, -0.05) is 6.07 Å². The Kier molecular flexibility index (Phi) is 4.39. The van der Waals surface area contributed by atoms with Crippen LogP contribution in [0.4, 0.5) is 0 Å². The minimum absolute atomic E-state index is 0.130. The Morgan fingerprint density at radius 1 is 1.40 bits per heavy atom. The molecule has 0 bridgehead atoms. The number of rotatable bonds is 3. The van der Waals surface area contributed by atoms with Gasteiger partial charge in [-0.05, 0) is 49.9 Å². The molecule has 0 saturated heterocycles. The van der Waals surface area contributed by atoms with Gasteiger partial charge in [-0.25, -0.2) is 4.79 Å². The van der Waals surface area contributed by atoms with E-state index >= 15 is 0 Å².